The smallest absolute Gasteiger partial charge is 0.335 e. The van der Waals surface area contributed by atoms with Crippen LogP contribution in [0.2, 0.25) is 0 Å². The van der Waals surface area contributed by atoms with Crippen molar-refractivity contribution in [3.8, 4) is 0 Å². The van der Waals surface area contributed by atoms with E-state index in [0.717, 1.165) is 6.07 Å². The number of hydrogen-bond donors (Lipinski definition) is 2. The Morgan fingerprint density at radius 3 is 2.27 bits per heavy atom. The zero-order valence-electron chi connectivity index (χ0n) is 14.9. The Morgan fingerprint density at radius 2 is 1.69 bits per heavy atom. The largest absolute Gasteiger partial charge is 0.478 e. The van der Waals surface area contributed by atoms with E-state index in [9.17, 15) is 23.1 Å². The van der Waals surface area contributed by atoms with Gasteiger partial charge < -0.3 is 10.0 Å². The summed E-state index contributed by atoms with van der Waals surface area (Å²) in [6.07, 6.45) is 0. The first-order chi connectivity index (χ1) is 12.0. The number of nitrogens with zero attached hydrogens (tertiary/aromatic N) is 1. The zero-order chi connectivity index (χ0) is 19.6. The molecule has 0 fully saturated rings. The average molecular weight is 376 g/mol. The molecule has 138 valence electrons. The fourth-order valence-corrected chi connectivity index (χ4v) is 3.81. The Bertz CT molecular complexity index is 981. The number of benzene rings is 2. The second-order valence-corrected chi connectivity index (χ2v) is 7.76. The van der Waals surface area contributed by atoms with Crippen molar-refractivity contribution in [3.63, 3.8) is 0 Å². The number of carbonyl (C=O) groups is 2. The lowest BCUT2D eigenvalue weighted by Crippen LogP contribution is -2.22. The summed E-state index contributed by atoms with van der Waals surface area (Å²) in [7, 11) is -0.824. The summed E-state index contributed by atoms with van der Waals surface area (Å²) in [5, 5.41) is 9.17. The Balaban J connectivity index is 2.46. The molecule has 0 radical (unpaired) electrons. The van der Waals surface area contributed by atoms with Crippen molar-refractivity contribution < 1.29 is 23.1 Å². The van der Waals surface area contributed by atoms with E-state index in [-0.39, 0.29) is 22.1 Å². The molecule has 0 heterocycles. The van der Waals surface area contributed by atoms with Crippen LogP contribution in [0, 0.1) is 13.8 Å². The standard InChI is InChI=1S/C18H20N2O5S/c1-11-8-14(18(22)23)10-16(12(11)2)26(24,25)19-15-7-5-6-13(9-15)17(21)20(3)4/h5-10,19H,1-4H3,(H,22,23). The molecule has 0 aliphatic rings. The van der Waals surface area contributed by atoms with Crippen LogP contribution in [0.25, 0.3) is 0 Å². The second kappa shape index (κ2) is 7.17. The van der Waals surface area contributed by atoms with Crippen molar-refractivity contribution in [2.75, 3.05) is 18.8 Å². The Labute approximate surface area is 152 Å². The van der Waals surface area contributed by atoms with E-state index in [4.69, 9.17) is 0 Å². The number of carbonyl (C=O) groups excluding carboxylic acids is 1. The molecule has 2 aromatic rings. The van der Waals surface area contributed by atoms with Gasteiger partial charge in [0.05, 0.1) is 10.5 Å². The third kappa shape index (κ3) is 4.02. The molecule has 2 aromatic carbocycles. The van der Waals surface area contributed by atoms with Crippen LogP contribution in [-0.4, -0.2) is 44.4 Å². The minimum Gasteiger partial charge on any atom is -0.478 e. The second-order valence-electron chi connectivity index (χ2n) is 6.11. The summed E-state index contributed by atoms with van der Waals surface area (Å²) in [6, 6.07) is 8.66. The number of sulfonamides is 1. The van der Waals surface area contributed by atoms with E-state index in [1.165, 1.54) is 23.1 Å². The highest BCUT2D eigenvalue weighted by molar-refractivity contribution is 7.92. The third-order valence-corrected chi connectivity index (χ3v) is 5.43. The number of aromatic carboxylic acids is 1. The average Bonchev–Trinajstić information content (AvgIpc) is 2.55. The van der Waals surface area contributed by atoms with Gasteiger partial charge in [-0.1, -0.05) is 6.07 Å². The maximum absolute atomic E-state index is 12.8. The van der Waals surface area contributed by atoms with E-state index in [1.54, 1.807) is 40.1 Å². The monoisotopic (exact) mass is 376 g/mol. The van der Waals surface area contributed by atoms with Crippen molar-refractivity contribution in [1.29, 1.82) is 0 Å². The van der Waals surface area contributed by atoms with Gasteiger partial charge >= 0.3 is 5.97 Å². The van der Waals surface area contributed by atoms with Gasteiger partial charge in [0.2, 0.25) is 0 Å². The SMILES string of the molecule is Cc1cc(C(=O)O)cc(S(=O)(=O)Nc2cccc(C(=O)N(C)C)c2)c1C. The zero-order valence-corrected chi connectivity index (χ0v) is 15.7. The molecule has 7 nitrogen and oxygen atoms in total. The molecule has 1 amide bonds. The number of rotatable bonds is 5. The van der Waals surface area contributed by atoms with Crippen LogP contribution in [0.1, 0.15) is 31.8 Å². The molecule has 0 bridgehead atoms. The highest BCUT2D eigenvalue weighted by Crippen LogP contribution is 2.24. The molecule has 0 spiro atoms. The molecule has 0 aliphatic heterocycles. The van der Waals surface area contributed by atoms with Crippen LogP contribution in [-0.2, 0) is 10.0 Å². The summed E-state index contributed by atoms with van der Waals surface area (Å²) in [5.74, 6) is -1.46. The van der Waals surface area contributed by atoms with Crippen LogP contribution < -0.4 is 4.72 Å². The highest BCUT2D eigenvalue weighted by atomic mass is 32.2. The molecule has 2 N–H and O–H groups in total. The fourth-order valence-electron chi connectivity index (χ4n) is 2.41. The van der Waals surface area contributed by atoms with Crippen LogP contribution in [0.4, 0.5) is 5.69 Å². The first-order valence-corrected chi connectivity index (χ1v) is 9.20. The molecule has 0 unspecified atom stereocenters. The Hall–Kier alpha value is -2.87. The van der Waals surface area contributed by atoms with Crippen molar-refractivity contribution in [3.05, 3.63) is 58.7 Å². The van der Waals surface area contributed by atoms with Gasteiger partial charge in [-0.25, -0.2) is 13.2 Å². The van der Waals surface area contributed by atoms with Gasteiger partial charge in [-0.2, -0.15) is 0 Å². The van der Waals surface area contributed by atoms with Crippen LogP contribution in [0.3, 0.4) is 0 Å². The van der Waals surface area contributed by atoms with Gasteiger partial charge in [0.15, 0.2) is 0 Å². The number of nitrogens with one attached hydrogen (secondary N) is 1. The summed E-state index contributed by atoms with van der Waals surface area (Å²) in [6.45, 7) is 3.26. The molecule has 0 atom stereocenters. The lowest BCUT2D eigenvalue weighted by molar-refractivity contribution is 0.0696. The van der Waals surface area contributed by atoms with Crippen molar-refractivity contribution in [2.45, 2.75) is 18.7 Å². The molecular weight excluding hydrogens is 356 g/mol. The number of carboxylic acids is 1. The number of anilines is 1. The maximum Gasteiger partial charge on any atom is 0.335 e. The highest BCUT2D eigenvalue weighted by Gasteiger charge is 2.21. The lowest BCUT2D eigenvalue weighted by atomic mass is 10.1. The van der Waals surface area contributed by atoms with Crippen LogP contribution in [0.5, 0.6) is 0 Å². The topological polar surface area (TPSA) is 104 Å². The van der Waals surface area contributed by atoms with Gasteiger partial charge in [-0.15, -0.1) is 0 Å². The Morgan fingerprint density at radius 1 is 1.04 bits per heavy atom. The van der Waals surface area contributed by atoms with Crippen LogP contribution in [0.15, 0.2) is 41.3 Å². The predicted molar refractivity (Wildman–Crippen MR) is 98.1 cm³/mol. The lowest BCUT2D eigenvalue weighted by Gasteiger charge is -2.14. The first kappa shape index (κ1) is 19.5. The normalized spacial score (nSPS) is 11.1. The quantitative estimate of drug-likeness (QED) is 0.834. The van der Waals surface area contributed by atoms with E-state index in [1.807, 2.05) is 0 Å². The molecule has 26 heavy (non-hydrogen) atoms. The molecule has 0 aliphatic carbocycles. The fraction of sp³-hybridized carbons (Fsp3) is 0.222. The molecule has 0 saturated heterocycles. The molecule has 0 saturated carbocycles. The minimum absolute atomic E-state index is 0.106. The van der Waals surface area contributed by atoms with Crippen LogP contribution >= 0.6 is 0 Å². The third-order valence-electron chi connectivity index (χ3n) is 3.92. The van der Waals surface area contributed by atoms with Crippen molar-refractivity contribution in [2.24, 2.45) is 0 Å². The van der Waals surface area contributed by atoms with Gasteiger partial charge in [-0.05, 0) is 55.3 Å². The van der Waals surface area contributed by atoms with Gasteiger partial charge in [0.25, 0.3) is 15.9 Å². The van der Waals surface area contributed by atoms with Crippen molar-refractivity contribution >= 4 is 27.6 Å². The maximum atomic E-state index is 12.8. The van der Waals surface area contributed by atoms with Gasteiger partial charge in [-0.3, -0.25) is 9.52 Å². The summed E-state index contributed by atoms with van der Waals surface area (Å²) in [5.41, 5.74) is 1.47. The molecule has 8 heteroatoms. The number of aryl methyl sites for hydroxylation is 1. The summed E-state index contributed by atoms with van der Waals surface area (Å²) < 4.78 is 27.9. The van der Waals surface area contributed by atoms with Crippen molar-refractivity contribution in [1.82, 2.24) is 4.90 Å². The summed E-state index contributed by atoms with van der Waals surface area (Å²) >= 11 is 0. The number of amides is 1. The molecule has 0 aromatic heterocycles. The molecule has 2 rings (SSSR count). The predicted octanol–water partition coefficient (Wildman–Crippen LogP) is 2.50. The Kier molecular flexibility index (Phi) is 5.36. The minimum atomic E-state index is -4.02. The summed E-state index contributed by atoms with van der Waals surface area (Å²) in [4.78, 5) is 24.5. The first-order valence-electron chi connectivity index (χ1n) is 7.72. The number of carboxylic acid groups (broad SMARTS) is 1. The number of hydrogen-bond acceptors (Lipinski definition) is 4. The van der Waals surface area contributed by atoms with E-state index < -0.39 is 16.0 Å². The van der Waals surface area contributed by atoms with Gasteiger partial charge in [0.1, 0.15) is 0 Å². The van der Waals surface area contributed by atoms with Gasteiger partial charge in [0, 0.05) is 25.3 Å². The van der Waals surface area contributed by atoms with E-state index in [0.29, 0.717) is 16.7 Å². The van der Waals surface area contributed by atoms with E-state index in [2.05, 4.69) is 4.72 Å². The molecular formula is C18H20N2O5S. The van der Waals surface area contributed by atoms with E-state index >= 15 is 0 Å².